The molecule has 0 atom stereocenters. The van der Waals surface area contributed by atoms with Gasteiger partial charge in [0, 0.05) is 29.5 Å². The van der Waals surface area contributed by atoms with E-state index in [-0.39, 0.29) is 5.65 Å². The molecule has 140 valence electrons. The molecule has 0 saturated heterocycles. The molecule has 0 spiro atoms. The number of carbonyl (C=O) groups is 2. The number of aryl methyl sites for hydroxylation is 1. The van der Waals surface area contributed by atoms with E-state index < -0.39 is 34.6 Å². The van der Waals surface area contributed by atoms with Gasteiger partial charge in [0.25, 0.3) is 11.8 Å². The molecule has 0 radical (unpaired) electrons. The summed E-state index contributed by atoms with van der Waals surface area (Å²) in [5, 5.41) is 0.576. The first-order valence-electron chi connectivity index (χ1n) is 8.19. The molecule has 7 nitrogen and oxygen atoms in total. The molecule has 1 amide bonds. The van der Waals surface area contributed by atoms with Gasteiger partial charge in [-0.05, 0) is 31.2 Å². The number of halogens is 2. The van der Waals surface area contributed by atoms with Crippen LogP contribution in [0.25, 0.3) is 22.4 Å². The second-order valence-corrected chi connectivity index (χ2v) is 6.17. The maximum Gasteiger partial charge on any atom is 0.269 e. The van der Waals surface area contributed by atoms with Crippen molar-refractivity contribution in [1.82, 2.24) is 19.5 Å². The molecule has 3 aromatic heterocycles. The number of nitrogens with zero attached hydrogens (tertiary/aromatic N) is 3. The Morgan fingerprint density at radius 2 is 2.00 bits per heavy atom. The number of benzene rings is 1. The molecule has 0 unspecified atom stereocenters. The van der Waals surface area contributed by atoms with E-state index in [9.17, 15) is 18.4 Å². The van der Waals surface area contributed by atoms with E-state index in [1.165, 1.54) is 12.4 Å². The molecular weight excluding hydrogens is 368 g/mol. The first-order chi connectivity index (χ1) is 13.4. The number of amides is 1. The number of carbonyl (C=O) groups excluding carboxylic acids is 2. The Bertz CT molecular complexity index is 1260. The van der Waals surface area contributed by atoms with Crippen LogP contribution in [0.4, 0.5) is 8.78 Å². The van der Waals surface area contributed by atoms with E-state index in [0.717, 1.165) is 22.4 Å². The number of aromatic amines is 1. The number of pyridine rings is 1. The van der Waals surface area contributed by atoms with Crippen LogP contribution in [0.3, 0.4) is 0 Å². The number of nitrogens with one attached hydrogen (secondary N) is 1. The van der Waals surface area contributed by atoms with Crippen molar-refractivity contribution >= 4 is 22.8 Å². The van der Waals surface area contributed by atoms with Gasteiger partial charge in [0.05, 0.1) is 11.3 Å². The Morgan fingerprint density at radius 1 is 1.21 bits per heavy atom. The van der Waals surface area contributed by atoms with Gasteiger partial charge in [-0.2, -0.15) is 0 Å². The standard InChI is InChI=1S/C19H13F2N5O2/c1-9-7-23-17(25-9)11-6-10-4-5-26(18(10)24-8-11)19(28)14-13(20)3-2-12(15(14)21)16(22)27/h2-8H,1H3,(H2,22,27)(H,23,25). The molecule has 4 rings (SSSR count). The molecule has 9 heteroatoms. The number of imidazole rings is 1. The lowest BCUT2D eigenvalue weighted by Gasteiger charge is -2.08. The van der Waals surface area contributed by atoms with Gasteiger partial charge in [-0.1, -0.05) is 0 Å². The van der Waals surface area contributed by atoms with Crippen LogP contribution in [-0.2, 0) is 0 Å². The summed E-state index contributed by atoms with van der Waals surface area (Å²) in [4.78, 5) is 35.6. The molecule has 0 aliphatic carbocycles. The average Bonchev–Trinajstić information content (AvgIpc) is 3.26. The minimum atomic E-state index is -1.30. The number of primary amides is 1. The first-order valence-corrected chi connectivity index (χ1v) is 8.19. The molecular formula is C19H13F2N5O2. The average molecular weight is 381 g/mol. The smallest absolute Gasteiger partial charge is 0.269 e. The highest BCUT2D eigenvalue weighted by Gasteiger charge is 2.25. The second-order valence-electron chi connectivity index (χ2n) is 6.17. The number of fused-ring (bicyclic) bond motifs is 1. The van der Waals surface area contributed by atoms with Crippen molar-refractivity contribution in [3.63, 3.8) is 0 Å². The minimum absolute atomic E-state index is 0.209. The fourth-order valence-electron chi connectivity index (χ4n) is 2.94. The maximum absolute atomic E-state index is 14.5. The summed E-state index contributed by atoms with van der Waals surface area (Å²) >= 11 is 0. The van der Waals surface area contributed by atoms with Gasteiger partial charge >= 0.3 is 0 Å². The number of nitrogens with two attached hydrogens (primary N) is 1. The van der Waals surface area contributed by atoms with Gasteiger partial charge in [-0.3, -0.25) is 14.2 Å². The van der Waals surface area contributed by atoms with Crippen LogP contribution in [0.5, 0.6) is 0 Å². The summed E-state index contributed by atoms with van der Waals surface area (Å²) in [5.74, 6) is -3.89. The number of hydrogen-bond acceptors (Lipinski definition) is 4. The number of aromatic nitrogens is 4. The van der Waals surface area contributed by atoms with E-state index in [1.807, 2.05) is 6.92 Å². The van der Waals surface area contributed by atoms with Crippen molar-refractivity contribution in [1.29, 1.82) is 0 Å². The molecule has 3 heterocycles. The highest BCUT2D eigenvalue weighted by molar-refractivity contribution is 6.04. The Hall–Kier alpha value is -3.88. The predicted octanol–water partition coefficient (Wildman–Crippen LogP) is 2.80. The molecule has 1 aromatic carbocycles. The maximum atomic E-state index is 14.5. The first kappa shape index (κ1) is 17.5. The number of H-pyrrole nitrogens is 1. The van der Waals surface area contributed by atoms with Crippen molar-refractivity contribution in [2.75, 3.05) is 0 Å². The minimum Gasteiger partial charge on any atom is -0.366 e. The zero-order valence-electron chi connectivity index (χ0n) is 14.5. The Labute approximate surface area is 156 Å². The van der Waals surface area contributed by atoms with E-state index in [0.29, 0.717) is 16.8 Å². The molecule has 4 aromatic rings. The molecule has 0 bridgehead atoms. The fourth-order valence-corrected chi connectivity index (χ4v) is 2.94. The van der Waals surface area contributed by atoms with Crippen LogP contribution < -0.4 is 5.73 Å². The summed E-state index contributed by atoms with van der Waals surface area (Å²) in [6, 6.07) is 5.06. The third-order valence-corrected chi connectivity index (χ3v) is 4.30. The topological polar surface area (TPSA) is 107 Å². The van der Waals surface area contributed by atoms with Crippen molar-refractivity contribution in [2.45, 2.75) is 6.92 Å². The summed E-state index contributed by atoms with van der Waals surface area (Å²) in [6.45, 7) is 1.84. The van der Waals surface area contributed by atoms with Crippen LogP contribution in [0.15, 0.2) is 42.9 Å². The highest BCUT2D eigenvalue weighted by atomic mass is 19.1. The quantitative estimate of drug-likeness (QED) is 0.569. The van der Waals surface area contributed by atoms with Crippen LogP contribution >= 0.6 is 0 Å². The fraction of sp³-hybridized carbons (Fsp3) is 0.0526. The van der Waals surface area contributed by atoms with Crippen LogP contribution in [0, 0.1) is 18.6 Å². The third kappa shape index (κ3) is 2.73. The zero-order valence-corrected chi connectivity index (χ0v) is 14.5. The van der Waals surface area contributed by atoms with Gasteiger partial charge in [-0.15, -0.1) is 0 Å². The lowest BCUT2D eigenvalue weighted by molar-refractivity contribution is 0.0955. The Balaban J connectivity index is 1.81. The monoisotopic (exact) mass is 381 g/mol. The molecule has 3 N–H and O–H groups in total. The van der Waals surface area contributed by atoms with Crippen LogP contribution in [0.2, 0.25) is 0 Å². The Morgan fingerprint density at radius 3 is 2.68 bits per heavy atom. The summed E-state index contributed by atoms with van der Waals surface area (Å²) < 4.78 is 29.7. The molecule has 0 aliphatic heterocycles. The van der Waals surface area contributed by atoms with Crippen LogP contribution in [-0.4, -0.2) is 31.3 Å². The van der Waals surface area contributed by atoms with E-state index in [4.69, 9.17) is 5.73 Å². The lowest BCUT2D eigenvalue weighted by Crippen LogP contribution is -2.20. The summed E-state index contributed by atoms with van der Waals surface area (Å²) in [6.07, 6.45) is 4.59. The number of hydrogen-bond donors (Lipinski definition) is 2. The van der Waals surface area contributed by atoms with Crippen LogP contribution in [0.1, 0.15) is 26.4 Å². The third-order valence-electron chi connectivity index (χ3n) is 4.30. The van der Waals surface area contributed by atoms with E-state index >= 15 is 0 Å². The van der Waals surface area contributed by atoms with Gasteiger partial charge < -0.3 is 10.7 Å². The normalized spacial score (nSPS) is 11.1. The van der Waals surface area contributed by atoms with E-state index in [1.54, 1.807) is 18.3 Å². The lowest BCUT2D eigenvalue weighted by atomic mass is 10.1. The molecule has 0 fully saturated rings. The summed E-state index contributed by atoms with van der Waals surface area (Å²) in [5.41, 5.74) is 5.35. The second kappa shape index (κ2) is 6.38. The molecule has 28 heavy (non-hydrogen) atoms. The summed E-state index contributed by atoms with van der Waals surface area (Å²) in [7, 11) is 0. The highest BCUT2D eigenvalue weighted by Crippen LogP contribution is 2.24. The van der Waals surface area contributed by atoms with E-state index in [2.05, 4.69) is 15.0 Å². The van der Waals surface area contributed by atoms with Crippen molar-refractivity contribution in [3.8, 4) is 11.4 Å². The molecule has 0 aliphatic rings. The van der Waals surface area contributed by atoms with Gasteiger partial charge in [-0.25, -0.2) is 18.7 Å². The predicted molar refractivity (Wildman–Crippen MR) is 96.7 cm³/mol. The largest absolute Gasteiger partial charge is 0.366 e. The molecule has 0 saturated carbocycles. The van der Waals surface area contributed by atoms with Gasteiger partial charge in [0.1, 0.15) is 22.9 Å². The van der Waals surface area contributed by atoms with Crippen molar-refractivity contribution < 1.29 is 18.4 Å². The van der Waals surface area contributed by atoms with Crippen molar-refractivity contribution in [3.05, 3.63) is 71.3 Å². The van der Waals surface area contributed by atoms with Crippen molar-refractivity contribution in [2.24, 2.45) is 5.73 Å². The van der Waals surface area contributed by atoms with Gasteiger partial charge in [0.2, 0.25) is 0 Å². The van der Waals surface area contributed by atoms with Gasteiger partial charge in [0.15, 0.2) is 5.82 Å². The number of rotatable bonds is 3. The SMILES string of the molecule is Cc1c[nH]c(-c2cnc3c(ccn3C(=O)c3c(F)ccc(C(N)=O)c3F)c2)n1. The Kier molecular flexibility index (Phi) is 3.99. The zero-order chi connectivity index (χ0) is 20.0.